The standard InChI is InChI=1S/C10H17F/c1-2-10(11)7-5-9(3-4-9)6-8-10/h2-8H2,1H3. The quantitative estimate of drug-likeness (QED) is 0.545. The van der Waals surface area contributed by atoms with Gasteiger partial charge in [0.25, 0.3) is 0 Å². The van der Waals surface area contributed by atoms with E-state index in [0.717, 1.165) is 32.1 Å². The Hall–Kier alpha value is -0.0700. The minimum absolute atomic E-state index is 0.644. The summed E-state index contributed by atoms with van der Waals surface area (Å²) < 4.78 is 13.7. The Kier molecular flexibility index (Phi) is 1.52. The van der Waals surface area contributed by atoms with Gasteiger partial charge in [-0.2, -0.15) is 0 Å². The Morgan fingerprint density at radius 2 is 1.45 bits per heavy atom. The minimum atomic E-state index is -0.784. The molecule has 0 aliphatic heterocycles. The van der Waals surface area contributed by atoms with Crippen molar-refractivity contribution in [2.45, 2.75) is 57.5 Å². The number of halogens is 1. The SMILES string of the molecule is CCC1(F)CCC2(CC1)CC2. The van der Waals surface area contributed by atoms with E-state index in [-0.39, 0.29) is 0 Å². The lowest BCUT2D eigenvalue weighted by Gasteiger charge is -2.33. The monoisotopic (exact) mass is 156 g/mol. The van der Waals surface area contributed by atoms with Crippen LogP contribution in [0.5, 0.6) is 0 Å². The maximum Gasteiger partial charge on any atom is 0.110 e. The van der Waals surface area contributed by atoms with Gasteiger partial charge in [-0.25, -0.2) is 4.39 Å². The summed E-state index contributed by atoms with van der Waals surface area (Å²) in [5.41, 5.74) is -0.140. The van der Waals surface area contributed by atoms with Crippen LogP contribution in [0.15, 0.2) is 0 Å². The van der Waals surface area contributed by atoms with Crippen LogP contribution in [0.2, 0.25) is 0 Å². The lowest BCUT2D eigenvalue weighted by Crippen LogP contribution is -2.29. The average molecular weight is 156 g/mol. The van der Waals surface area contributed by atoms with Gasteiger partial charge in [-0.3, -0.25) is 0 Å². The van der Waals surface area contributed by atoms with Gasteiger partial charge in [0.15, 0.2) is 0 Å². The van der Waals surface area contributed by atoms with Crippen LogP contribution in [0.1, 0.15) is 51.9 Å². The van der Waals surface area contributed by atoms with Crippen molar-refractivity contribution in [2.24, 2.45) is 5.41 Å². The van der Waals surface area contributed by atoms with Crippen LogP contribution in [0.25, 0.3) is 0 Å². The number of alkyl halides is 1. The third-order valence-corrected chi connectivity index (χ3v) is 3.80. The molecule has 2 aliphatic rings. The summed E-state index contributed by atoms with van der Waals surface area (Å²) in [6.45, 7) is 1.98. The molecule has 0 bridgehead atoms. The minimum Gasteiger partial charge on any atom is -0.244 e. The van der Waals surface area contributed by atoms with E-state index in [1.54, 1.807) is 0 Å². The van der Waals surface area contributed by atoms with Crippen LogP contribution in [0.4, 0.5) is 4.39 Å². The van der Waals surface area contributed by atoms with Gasteiger partial charge < -0.3 is 0 Å². The first kappa shape index (κ1) is 7.57. The molecule has 0 amide bonds. The first-order valence-electron chi connectivity index (χ1n) is 4.87. The molecule has 0 N–H and O–H groups in total. The van der Waals surface area contributed by atoms with Crippen molar-refractivity contribution in [1.82, 2.24) is 0 Å². The Bertz CT molecular complexity index is 148. The highest BCUT2D eigenvalue weighted by molar-refractivity contribution is 5.00. The molecule has 2 fully saturated rings. The molecule has 11 heavy (non-hydrogen) atoms. The Balaban J connectivity index is 1.93. The van der Waals surface area contributed by atoms with Crippen molar-refractivity contribution in [3.05, 3.63) is 0 Å². The third-order valence-electron chi connectivity index (χ3n) is 3.80. The molecule has 0 heterocycles. The zero-order valence-corrected chi connectivity index (χ0v) is 7.33. The van der Waals surface area contributed by atoms with Crippen molar-refractivity contribution in [2.75, 3.05) is 0 Å². The molecule has 2 saturated carbocycles. The fraction of sp³-hybridized carbons (Fsp3) is 1.00. The molecule has 0 aromatic heterocycles. The van der Waals surface area contributed by atoms with Gasteiger partial charge in [0, 0.05) is 0 Å². The maximum atomic E-state index is 13.7. The van der Waals surface area contributed by atoms with Crippen LogP contribution >= 0.6 is 0 Å². The van der Waals surface area contributed by atoms with Gasteiger partial charge in [-0.15, -0.1) is 0 Å². The molecule has 1 spiro atoms. The van der Waals surface area contributed by atoms with Crippen LogP contribution in [0.3, 0.4) is 0 Å². The molecule has 0 nitrogen and oxygen atoms in total. The summed E-state index contributed by atoms with van der Waals surface area (Å²) in [7, 11) is 0. The highest BCUT2D eigenvalue weighted by Gasteiger charge is 2.48. The molecule has 1 heteroatoms. The Morgan fingerprint density at radius 3 is 1.82 bits per heavy atom. The van der Waals surface area contributed by atoms with Crippen molar-refractivity contribution in [3.63, 3.8) is 0 Å². The van der Waals surface area contributed by atoms with Crippen molar-refractivity contribution in [3.8, 4) is 0 Å². The van der Waals surface area contributed by atoms with Gasteiger partial charge in [0.05, 0.1) is 0 Å². The summed E-state index contributed by atoms with van der Waals surface area (Å²) in [4.78, 5) is 0. The molecule has 0 saturated heterocycles. The topological polar surface area (TPSA) is 0 Å². The Morgan fingerprint density at radius 1 is 1.00 bits per heavy atom. The van der Waals surface area contributed by atoms with Gasteiger partial charge in [0.1, 0.15) is 5.67 Å². The molecule has 64 valence electrons. The molecular formula is C10H17F. The summed E-state index contributed by atoms with van der Waals surface area (Å²) in [6.07, 6.45) is 7.49. The predicted molar refractivity (Wildman–Crippen MR) is 44.3 cm³/mol. The van der Waals surface area contributed by atoms with Crippen LogP contribution in [-0.4, -0.2) is 5.67 Å². The average Bonchev–Trinajstić information content (AvgIpc) is 2.78. The number of rotatable bonds is 1. The zero-order valence-electron chi connectivity index (χ0n) is 7.33. The fourth-order valence-electron chi connectivity index (χ4n) is 2.26. The third kappa shape index (κ3) is 1.30. The van der Waals surface area contributed by atoms with E-state index in [1.807, 2.05) is 6.92 Å². The molecule has 0 unspecified atom stereocenters. The summed E-state index contributed by atoms with van der Waals surface area (Å²) in [6, 6.07) is 0. The van der Waals surface area contributed by atoms with E-state index in [1.165, 1.54) is 12.8 Å². The van der Waals surface area contributed by atoms with E-state index in [2.05, 4.69) is 0 Å². The summed E-state index contributed by atoms with van der Waals surface area (Å²) >= 11 is 0. The second-order valence-electron chi connectivity index (χ2n) is 4.50. The molecule has 0 atom stereocenters. The summed E-state index contributed by atoms with van der Waals surface area (Å²) in [5.74, 6) is 0. The van der Waals surface area contributed by atoms with Gasteiger partial charge in [-0.1, -0.05) is 6.92 Å². The van der Waals surface area contributed by atoms with E-state index in [9.17, 15) is 4.39 Å². The van der Waals surface area contributed by atoms with Gasteiger partial charge >= 0.3 is 0 Å². The highest BCUT2D eigenvalue weighted by atomic mass is 19.1. The largest absolute Gasteiger partial charge is 0.244 e. The lowest BCUT2D eigenvalue weighted by molar-refractivity contribution is 0.0727. The molecule has 2 rings (SSSR count). The number of hydrogen-bond acceptors (Lipinski definition) is 0. The van der Waals surface area contributed by atoms with Crippen molar-refractivity contribution >= 4 is 0 Å². The maximum absolute atomic E-state index is 13.7. The lowest BCUT2D eigenvalue weighted by atomic mass is 9.77. The van der Waals surface area contributed by atoms with Crippen LogP contribution in [0, 0.1) is 5.41 Å². The van der Waals surface area contributed by atoms with E-state index in [0.29, 0.717) is 5.41 Å². The Labute approximate surface area is 68.2 Å². The van der Waals surface area contributed by atoms with Crippen molar-refractivity contribution < 1.29 is 4.39 Å². The van der Waals surface area contributed by atoms with Crippen molar-refractivity contribution in [1.29, 1.82) is 0 Å². The fourth-order valence-corrected chi connectivity index (χ4v) is 2.26. The second kappa shape index (κ2) is 2.21. The van der Waals surface area contributed by atoms with Crippen LogP contribution in [-0.2, 0) is 0 Å². The predicted octanol–water partition coefficient (Wildman–Crippen LogP) is 3.46. The normalized spacial score (nSPS) is 32.2. The van der Waals surface area contributed by atoms with Crippen LogP contribution < -0.4 is 0 Å². The zero-order chi connectivity index (χ0) is 7.95. The smallest absolute Gasteiger partial charge is 0.110 e. The van der Waals surface area contributed by atoms with Gasteiger partial charge in [0.2, 0.25) is 0 Å². The second-order valence-corrected chi connectivity index (χ2v) is 4.50. The number of hydrogen-bond donors (Lipinski definition) is 0. The van der Waals surface area contributed by atoms with E-state index < -0.39 is 5.67 Å². The first-order chi connectivity index (χ1) is 5.18. The molecule has 0 aromatic rings. The molecule has 0 aromatic carbocycles. The van der Waals surface area contributed by atoms with E-state index in [4.69, 9.17) is 0 Å². The highest BCUT2D eigenvalue weighted by Crippen LogP contribution is 2.58. The molecular weight excluding hydrogens is 139 g/mol. The van der Waals surface area contributed by atoms with E-state index >= 15 is 0 Å². The molecule has 0 radical (unpaired) electrons. The molecule has 2 aliphatic carbocycles. The summed E-state index contributed by atoms with van der Waals surface area (Å²) in [5, 5.41) is 0. The van der Waals surface area contributed by atoms with Gasteiger partial charge in [-0.05, 0) is 50.4 Å². The first-order valence-corrected chi connectivity index (χ1v) is 4.87.